The molecule has 0 radical (unpaired) electrons. The molecule has 0 aliphatic carbocycles. The van der Waals surface area contributed by atoms with Gasteiger partial charge in [0.25, 0.3) is 5.91 Å². The number of nitrogens with one attached hydrogen (secondary N) is 1. The van der Waals surface area contributed by atoms with Gasteiger partial charge in [0.05, 0.1) is 10.6 Å². The second-order valence-corrected chi connectivity index (χ2v) is 5.72. The number of hydrogen-bond acceptors (Lipinski definition) is 4. The van der Waals surface area contributed by atoms with Crippen molar-refractivity contribution in [1.29, 1.82) is 0 Å². The summed E-state index contributed by atoms with van der Waals surface area (Å²) in [5.74, 6) is 0.0984. The number of amides is 1. The van der Waals surface area contributed by atoms with Gasteiger partial charge in [0.1, 0.15) is 0 Å². The fourth-order valence-electron chi connectivity index (χ4n) is 1.45. The largest absolute Gasteiger partial charge is 0.351 e. The van der Waals surface area contributed by atoms with Gasteiger partial charge in [-0.05, 0) is 22.0 Å². The first kappa shape index (κ1) is 13.2. The maximum Gasteiger partial charge on any atom is 0.252 e. The van der Waals surface area contributed by atoms with E-state index in [0.717, 1.165) is 9.48 Å². The van der Waals surface area contributed by atoms with Crippen molar-refractivity contribution in [2.24, 2.45) is 0 Å². The molecular formula is C12H12BrN3OS. The highest BCUT2D eigenvalue weighted by atomic mass is 79.9. The number of halogens is 1. The van der Waals surface area contributed by atoms with Gasteiger partial charge in [0.2, 0.25) is 0 Å². The average molecular weight is 326 g/mol. The van der Waals surface area contributed by atoms with Gasteiger partial charge < -0.3 is 5.32 Å². The van der Waals surface area contributed by atoms with E-state index in [4.69, 9.17) is 0 Å². The molecule has 0 aliphatic heterocycles. The predicted octanol–water partition coefficient (Wildman–Crippen LogP) is 2.83. The lowest BCUT2D eigenvalue weighted by molar-refractivity contribution is 0.0951. The van der Waals surface area contributed by atoms with Crippen molar-refractivity contribution in [1.82, 2.24) is 15.3 Å². The van der Waals surface area contributed by atoms with Gasteiger partial charge in [-0.1, -0.05) is 6.92 Å². The molecule has 0 bridgehead atoms. The summed E-state index contributed by atoms with van der Waals surface area (Å²) < 4.78 is 0.795. The molecule has 0 aliphatic rings. The van der Waals surface area contributed by atoms with Crippen molar-refractivity contribution < 1.29 is 4.79 Å². The Labute approximate surface area is 118 Å². The summed E-state index contributed by atoms with van der Waals surface area (Å²) in [4.78, 5) is 20.1. The Morgan fingerprint density at radius 2 is 2.39 bits per heavy atom. The second kappa shape index (κ2) is 6.06. The Morgan fingerprint density at radius 3 is 3.06 bits per heavy atom. The van der Waals surface area contributed by atoms with Crippen LogP contribution in [0.5, 0.6) is 0 Å². The topological polar surface area (TPSA) is 54.9 Å². The quantitative estimate of drug-likeness (QED) is 0.940. The van der Waals surface area contributed by atoms with Crippen LogP contribution < -0.4 is 5.32 Å². The lowest BCUT2D eigenvalue weighted by Gasteiger charge is -2.10. The molecule has 0 saturated carbocycles. The Hall–Kier alpha value is -1.27. The SMILES string of the molecule is CC(CNC(=O)c1cncc(Br)c1)c1nccs1. The number of nitrogens with zero attached hydrogens (tertiary/aromatic N) is 2. The normalized spacial score (nSPS) is 12.1. The van der Waals surface area contributed by atoms with Crippen LogP contribution in [0.4, 0.5) is 0 Å². The molecule has 2 heterocycles. The highest BCUT2D eigenvalue weighted by Gasteiger charge is 2.11. The summed E-state index contributed by atoms with van der Waals surface area (Å²) in [6, 6.07) is 1.75. The molecule has 4 nitrogen and oxygen atoms in total. The lowest BCUT2D eigenvalue weighted by Crippen LogP contribution is -2.27. The monoisotopic (exact) mass is 325 g/mol. The molecule has 1 amide bonds. The molecule has 18 heavy (non-hydrogen) atoms. The van der Waals surface area contributed by atoms with E-state index in [1.54, 1.807) is 36.0 Å². The van der Waals surface area contributed by atoms with Gasteiger partial charge >= 0.3 is 0 Å². The summed E-state index contributed by atoms with van der Waals surface area (Å²) in [6.07, 6.45) is 4.97. The third-order valence-electron chi connectivity index (χ3n) is 2.41. The highest BCUT2D eigenvalue weighted by Crippen LogP contribution is 2.16. The Balaban J connectivity index is 1.92. The molecule has 1 unspecified atom stereocenters. The van der Waals surface area contributed by atoms with Crippen LogP contribution in [-0.2, 0) is 0 Å². The molecule has 0 fully saturated rings. The second-order valence-electron chi connectivity index (χ2n) is 3.87. The Morgan fingerprint density at radius 1 is 1.56 bits per heavy atom. The minimum Gasteiger partial charge on any atom is -0.351 e. The fraction of sp³-hybridized carbons (Fsp3) is 0.250. The molecule has 94 valence electrons. The minimum absolute atomic E-state index is 0.118. The predicted molar refractivity (Wildman–Crippen MR) is 74.8 cm³/mol. The fourth-order valence-corrected chi connectivity index (χ4v) is 2.51. The number of carbonyl (C=O) groups excluding carboxylic acids is 1. The Bertz CT molecular complexity index is 530. The summed E-state index contributed by atoms with van der Waals surface area (Å²) in [7, 11) is 0. The van der Waals surface area contributed by atoms with E-state index in [-0.39, 0.29) is 11.8 Å². The number of aromatic nitrogens is 2. The number of carbonyl (C=O) groups is 1. The molecule has 2 aromatic rings. The molecule has 2 aromatic heterocycles. The van der Waals surface area contributed by atoms with Crippen LogP contribution in [0, 0.1) is 0 Å². The molecule has 1 atom stereocenters. The lowest BCUT2D eigenvalue weighted by atomic mass is 10.2. The number of thiazole rings is 1. The summed E-state index contributed by atoms with van der Waals surface area (Å²) in [5, 5.41) is 5.85. The van der Waals surface area contributed by atoms with E-state index >= 15 is 0 Å². The first-order valence-electron chi connectivity index (χ1n) is 5.45. The zero-order chi connectivity index (χ0) is 13.0. The van der Waals surface area contributed by atoms with Crippen molar-refractivity contribution >= 4 is 33.2 Å². The van der Waals surface area contributed by atoms with Crippen LogP contribution in [0.1, 0.15) is 28.2 Å². The number of hydrogen-bond donors (Lipinski definition) is 1. The van der Waals surface area contributed by atoms with Crippen molar-refractivity contribution in [2.45, 2.75) is 12.8 Å². The van der Waals surface area contributed by atoms with E-state index < -0.39 is 0 Å². The standard InChI is InChI=1S/C12H12BrN3OS/c1-8(12-15-2-3-18-12)5-16-11(17)9-4-10(13)7-14-6-9/h2-4,6-8H,5H2,1H3,(H,16,17). The maximum atomic E-state index is 11.9. The van der Waals surface area contributed by atoms with E-state index in [9.17, 15) is 4.79 Å². The summed E-state index contributed by atoms with van der Waals surface area (Å²) in [6.45, 7) is 2.61. The van der Waals surface area contributed by atoms with Crippen LogP contribution in [0.15, 0.2) is 34.5 Å². The Kier molecular flexibility index (Phi) is 4.43. The highest BCUT2D eigenvalue weighted by molar-refractivity contribution is 9.10. The van der Waals surface area contributed by atoms with Crippen LogP contribution in [0.2, 0.25) is 0 Å². The van der Waals surface area contributed by atoms with Crippen molar-refractivity contribution in [2.75, 3.05) is 6.54 Å². The van der Waals surface area contributed by atoms with E-state index in [1.807, 2.05) is 12.3 Å². The van der Waals surface area contributed by atoms with E-state index in [1.165, 1.54) is 0 Å². The summed E-state index contributed by atoms with van der Waals surface area (Å²) >= 11 is 4.89. The third-order valence-corrected chi connectivity index (χ3v) is 3.85. The molecule has 0 aromatic carbocycles. The zero-order valence-corrected chi connectivity index (χ0v) is 12.2. The minimum atomic E-state index is -0.118. The van der Waals surface area contributed by atoms with Crippen molar-refractivity contribution in [3.8, 4) is 0 Å². The van der Waals surface area contributed by atoms with Crippen molar-refractivity contribution in [3.05, 3.63) is 45.1 Å². The average Bonchev–Trinajstić information content (AvgIpc) is 2.89. The zero-order valence-electron chi connectivity index (χ0n) is 9.76. The van der Waals surface area contributed by atoms with Gasteiger partial charge in [-0.2, -0.15) is 0 Å². The number of pyridine rings is 1. The van der Waals surface area contributed by atoms with Crippen molar-refractivity contribution in [3.63, 3.8) is 0 Å². The van der Waals surface area contributed by atoms with Gasteiger partial charge in [0, 0.05) is 40.9 Å². The van der Waals surface area contributed by atoms with Crippen LogP contribution >= 0.6 is 27.3 Å². The molecule has 0 spiro atoms. The first-order valence-corrected chi connectivity index (χ1v) is 7.12. The summed E-state index contributed by atoms with van der Waals surface area (Å²) in [5.41, 5.74) is 0.552. The van der Waals surface area contributed by atoms with Gasteiger partial charge in [-0.25, -0.2) is 4.98 Å². The van der Waals surface area contributed by atoms with Gasteiger partial charge in [-0.15, -0.1) is 11.3 Å². The molecule has 6 heteroatoms. The molecule has 1 N–H and O–H groups in total. The van der Waals surface area contributed by atoms with E-state index in [2.05, 4.69) is 31.2 Å². The van der Waals surface area contributed by atoms with Crippen LogP contribution in [-0.4, -0.2) is 22.4 Å². The van der Waals surface area contributed by atoms with Gasteiger partial charge in [-0.3, -0.25) is 9.78 Å². The molecular weight excluding hydrogens is 314 g/mol. The van der Waals surface area contributed by atoms with Crippen LogP contribution in [0.25, 0.3) is 0 Å². The first-order chi connectivity index (χ1) is 8.66. The molecule has 2 rings (SSSR count). The smallest absolute Gasteiger partial charge is 0.252 e. The van der Waals surface area contributed by atoms with Crippen LogP contribution in [0.3, 0.4) is 0 Å². The van der Waals surface area contributed by atoms with Gasteiger partial charge in [0.15, 0.2) is 0 Å². The third kappa shape index (κ3) is 3.36. The molecule has 0 saturated heterocycles. The number of rotatable bonds is 4. The van der Waals surface area contributed by atoms with E-state index in [0.29, 0.717) is 12.1 Å². The maximum absolute atomic E-state index is 11.9.